The minimum atomic E-state index is -0.182. The number of ether oxygens (including phenoxy) is 1. The van der Waals surface area contributed by atoms with Gasteiger partial charge in [0.15, 0.2) is 0 Å². The van der Waals surface area contributed by atoms with Crippen LogP contribution in [0.25, 0.3) is 0 Å². The molecule has 1 aromatic rings. The van der Waals surface area contributed by atoms with Crippen LogP contribution in [0.3, 0.4) is 0 Å². The lowest BCUT2D eigenvalue weighted by Gasteiger charge is -2.22. The van der Waals surface area contributed by atoms with E-state index in [1.165, 1.54) is 12.8 Å². The average molecular weight is 277 g/mol. The topological polar surface area (TPSA) is 62.4 Å². The molecule has 0 aliphatic carbocycles. The highest BCUT2D eigenvalue weighted by Gasteiger charge is 2.13. The van der Waals surface area contributed by atoms with Crippen LogP contribution >= 0.6 is 0 Å². The standard InChI is InChI=1S/C15H23N3O2/c1-20-14-7-3-2-6-13(14)18-15(19)17-10-8-12-5-4-9-16-11-12/h2-3,6-7,12,16H,4-5,8-11H2,1H3,(H2,17,18,19). The van der Waals surface area contributed by atoms with Gasteiger partial charge in [0.1, 0.15) is 5.75 Å². The number of carbonyl (C=O) groups excluding carboxylic acids is 1. The number of carbonyl (C=O) groups is 1. The van der Waals surface area contributed by atoms with Gasteiger partial charge in [-0.1, -0.05) is 12.1 Å². The van der Waals surface area contributed by atoms with Crippen LogP contribution in [0.5, 0.6) is 5.75 Å². The van der Waals surface area contributed by atoms with E-state index in [1.807, 2.05) is 24.3 Å². The summed E-state index contributed by atoms with van der Waals surface area (Å²) in [6, 6.07) is 7.20. The number of para-hydroxylation sites is 2. The molecule has 0 radical (unpaired) electrons. The summed E-state index contributed by atoms with van der Waals surface area (Å²) >= 11 is 0. The molecule has 1 heterocycles. The average Bonchev–Trinajstić information content (AvgIpc) is 2.49. The molecule has 1 aliphatic rings. The number of methoxy groups -OCH3 is 1. The van der Waals surface area contributed by atoms with Crippen LogP contribution in [-0.4, -0.2) is 32.8 Å². The Morgan fingerprint density at radius 1 is 1.45 bits per heavy atom. The van der Waals surface area contributed by atoms with Crippen LogP contribution in [0, 0.1) is 5.92 Å². The molecule has 0 saturated carbocycles. The van der Waals surface area contributed by atoms with E-state index in [-0.39, 0.29) is 6.03 Å². The van der Waals surface area contributed by atoms with Crippen molar-refractivity contribution >= 4 is 11.7 Å². The highest BCUT2D eigenvalue weighted by atomic mass is 16.5. The maximum Gasteiger partial charge on any atom is 0.319 e. The first-order valence-corrected chi connectivity index (χ1v) is 7.18. The van der Waals surface area contributed by atoms with E-state index in [1.54, 1.807) is 7.11 Å². The smallest absolute Gasteiger partial charge is 0.319 e. The van der Waals surface area contributed by atoms with Crippen LogP contribution in [0.4, 0.5) is 10.5 Å². The molecule has 1 saturated heterocycles. The number of rotatable bonds is 5. The summed E-state index contributed by atoms with van der Waals surface area (Å²) < 4.78 is 5.20. The van der Waals surface area contributed by atoms with E-state index < -0.39 is 0 Å². The molecule has 0 aromatic heterocycles. The van der Waals surface area contributed by atoms with Crippen molar-refractivity contribution in [2.45, 2.75) is 19.3 Å². The lowest BCUT2D eigenvalue weighted by Crippen LogP contribution is -2.34. The third-order valence-corrected chi connectivity index (χ3v) is 3.59. The Bertz CT molecular complexity index is 431. The van der Waals surface area contributed by atoms with Gasteiger partial charge in [0, 0.05) is 6.54 Å². The van der Waals surface area contributed by atoms with Gasteiger partial charge >= 0.3 is 6.03 Å². The Morgan fingerprint density at radius 2 is 2.30 bits per heavy atom. The molecular formula is C15H23N3O2. The van der Waals surface area contributed by atoms with Gasteiger partial charge in [-0.3, -0.25) is 0 Å². The predicted molar refractivity (Wildman–Crippen MR) is 80.2 cm³/mol. The van der Waals surface area contributed by atoms with Crippen LogP contribution in [0.15, 0.2) is 24.3 Å². The fraction of sp³-hybridized carbons (Fsp3) is 0.533. The van der Waals surface area contributed by atoms with Gasteiger partial charge in [0.05, 0.1) is 12.8 Å². The maximum atomic E-state index is 11.8. The number of urea groups is 1. The molecule has 5 heteroatoms. The van der Waals surface area contributed by atoms with Crippen molar-refractivity contribution in [2.75, 3.05) is 32.1 Å². The zero-order chi connectivity index (χ0) is 14.2. The first-order chi connectivity index (χ1) is 9.79. The fourth-order valence-corrected chi connectivity index (χ4v) is 2.47. The molecule has 1 fully saturated rings. The van der Waals surface area contributed by atoms with Crippen molar-refractivity contribution in [3.63, 3.8) is 0 Å². The number of piperidine rings is 1. The van der Waals surface area contributed by atoms with Crippen LogP contribution < -0.4 is 20.7 Å². The van der Waals surface area contributed by atoms with Gasteiger partial charge in [-0.2, -0.15) is 0 Å². The number of benzene rings is 1. The number of nitrogens with one attached hydrogen (secondary N) is 3. The number of amides is 2. The van der Waals surface area contributed by atoms with Crippen LogP contribution in [0.1, 0.15) is 19.3 Å². The minimum Gasteiger partial charge on any atom is -0.495 e. The molecule has 110 valence electrons. The molecule has 2 rings (SSSR count). The molecular weight excluding hydrogens is 254 g/mol. The van der Waals surface area contributed by atoms with Gasteiger partial charge in [-0.15, -0.1) is 0 Å². The van der Waals surface area contributed by atoms with Gasteiger partial charge in [-0.25, -0.2) is 4.79 Å². The monoisotopic (exact) mass is 277 g/mol. The molecule has 1 aromatic carbocycles. The van der Waals surface area contributed by atoms with E-state index in [0.29, 0.717) is 23.9 Å². The largest absolute Gasteiger partial charge is 0.495 e. The molecule has 0 bridgehead atoms. The third kappa shape index (κ3) is 4.42. The van der Waals surface area contributed by atoms with E-state index in [2.05, 4.69) is 16.0 Å². The predicted octanol–water partition coefficient (Wildman–Crippen LogP) is 2.21. The summed E-state index contributed by atoms with van der Waals surface area (Å²) in [6.07, 6.45) is 3.51. The van der Waals surface area contributed by atoms with E-state index in [4.69, 9.17) is 4.74 Å². The summed E-state index contributed by atoms with van der Waals surface area (Å²) in [6.45, 7) is 2.89. The van der Waals surface area contributed by atoms with E-state index >= 15 is 0 Å². The molecule has 5 nitrogen and oxygen atoms in total. The Labute approximate surface area is 120 Å². The Balaban J connectivity index is 1.72. The van der Waals surface area contributed by atoms with E-state index in [9.17, 15) is 4.79 Å². The second-order valence-electron chi connectivity index (χ2n) is 5.08. The molecule has 3 N–H and O–H groups in total. The molecule has 20 heavy (non-hydrogen) atoms. The molecule has 2 amide bonds. The Hall–Kier alpha value is -1.75. The second-order valence-corrected chi connectivity index (χ2v) is 5.08. The zero-order valence-electron chi connectivity index (χ0n) is 11.9. The second kappa shape index (κ2) is 7.75. The summed E-state index contributed by atoms with van der Waals surface area (Å²) in [5.74, 6) is 1.34. The zero-order valence-corrected chi connectivity index (χ0v) is 11.9. The fourth-order valence-electron chi connectivity index (χ4n) is 2.47. The number of hydrogen-bond donors (Lipinski definition) is 3. The third-order valence-electron chi connectivity index (χ3n) is 3.59. The lowest BCUT2D eigenvalue weighted by molar-refractivity contribution is 0.250. The number of hydrogen-bond acceptors (Lipinski definition) is 3. The van der Waals surface area contributed by atoms with Gasteiger partial charge in [0.25, 0.3) is 0 Å². The Morgan fingerprint density at radius 3 is 3.05 bits per heavy atom. The molecule has 0 spiro atoms. The Kier molecular flexibility index (Phi) is 5.68. The molecule has 1 aliphatic heterocycles. The highest BCUT2D eigenvalue weighted by Crippen LogP contribution is 2.22. The van der Waals surface area contributed by atoms with E-state index in [0.717, 1.165) is 19.5 Å². The van der Waals surface area contributed by atoms with Crippen molar-refractivity contribution in [3.8, 4) is 5.75 Å². The van der Waals surface area contributed by atoms with Gasteiger partial charge in [0.2, 0.25) is 0 Å². The first-order valence-electron chi connectivity index (χ1n) is 7.18. The summed E-state index contributed by atoms with van der Waals surface area (Å²) in [5.41, 5.74) is 0.687. The quantitative estimate of drug-likeness (QED) is 0.773. The van der Waals surface area contributed by atoms with Crippen molar-refractivity contribution in [1.82, 2.24) is 10.6 Å². The van der Waals surface area contributed by atoms with Crippen LogP contribution in [0.2, 0.25) is 0 Å². The van der Waals surface area contributed by atoms with Gasteiger partial charge in [-0.05, 0) is 50.4 Å². The van der Waals surface area contributed by atoms with Crippen molar-refractivity contribution in [3.05, 3.63) is 24.3 Å². The van der Waals surface area contributed by atoms with Crippen molar-refractivity contribution < 1.29 is 9.53 Å². The van der Waals surface area contributed by atoms with Crippen LogP contribution in [-0.2, 0) is 0 Å². The molecule has 1 unspecified atom stereocenters. The summed E-state index contributed by atoms with van der Waals surface area (Å²) in [5, 5.41) is 9.09. The summed E-state index contributed by atoms with van der Waals surface area (Å²) in [7, 11) is 1.59. The van der Waals surface area contributed by atoms with Crippen molar-refractivity contribution in [2.24, 2.45) is 5.92 Å². The highest BCUT2D eigenvalue weighted by molar-refractivity contribution is 5.90. The van der Waals surface area contributed by atoms with Crippen molar-refractivity contribution in [1.29, 1.82) is 0 Å². The summed E-state index contributed by atoms with van der Waals surface area (Å²) in [4.78, 5) is 11.8. The maximum absolute atomic E-state index is 11.8. The SMILES string of the molecule is COc1ccccc1NC(=O)NCCC1CCCNC1. The number of anilines is 1. The lowest BCUT2D eigenvalue weighted by atomic mass is 9.96. The normalized spacial score (nSPS) is 18.4. The first kappa shape index (κ1) is 14.7. The van der Waals surface area contributed by atoms with Gasteiger partial charge < -0.3 is 20.7 Å². The molecule has 1 atom stereocenters. The minimum absolute atomic E-state index is 0.182.